The van der Waals surface area contributed by atoms with Gasteiger partial charge in [-0.15, -0.1) is 0 Å². The van der Waals surface area contributed by atoms with E-state index in [1.807, 2.05) is 49.4 Å². The van der Waals surface area contributed by atoms with Gasteiger partial charge in [0.05, 0.1) is 12.1 Å². The summed E-state index contributed by atoms with van der Waals surface area (Å²) in [5, 5.41) is 11.6. The molecule has 0 fully saturated rings. The summed E-state index contributed by atoms with van der Waals surface area (Å²) in [7, 11) is 0. The monoisotopic (exact) mass is 322 g/mol. The molecule has 0 aliphatic carbocycles. The van der Waals surface area contributed by atoms with Crippen LogP contribution in [-0.4, -0.2) is 21.8 Å². The zero-order valence-corrected chi connectivity index (χ0v) is 13.5. The van der Waals surface area contributed by atoms with E-state index < -0.39 is 0 Å². The lowest BCUT2D eigenvalue weighted by Gasteiger charge is -2.04. The van der Waals surface area contributed by atoms with E-state index in [0.29, 0.717) is 17.0 Å². The number of hydrogen-bond donors (Lipinski definition) is 3. The van der Waals surface area contributed by atoms with Crippen LogP contribution in [0.25, 0.3) is 10.8 Å². The largest absolute Gasteiger partial charge is 0.302 e. The number of aromatic amines is 2. The number of H-pyrrole nitrogens is 2. The van der Waals surface area contributed by atoms with Gasteiger partial charge in [-0.1, -0.05) is 36.4 Å². The molecule has 6 heteroatoms. The topological polar surface area (TPSA) is 90.1 Å². The molecule has 1 amide bonds. The average Bonchev–Trinajstić information content (AvgIpc) is 2.91. The van der Waals surface area contributed by atoms with Gasteiger partial charge in [0.2, 0.25) is 5.91 Å². The van der Waals surface area contributed by atoms with E-state index in [1.165, 1.54) is 0 Å². The molecular formula is C18H18N4O2. The molecule has 1 aromatic heterocycles. The van der Waals surface area contributed by atoms with Crippen LogP contribution < -0.4 is 11.0 Å². The molecule has 6 nitrogen and oxygen atoms in total. The first-order valence-electron chi connectivity index (χ1n) is 7.63. The Hall–Kier alpha value is -3.15. The van der Waals surface area contributed by atoms with Gasteiger partial charge in [0.25, 0.3) is 5.56 Å². The number of amides is 1. The number of carbonyl (C=O) groups excluding carboxylic acids is 1. The molecule has 0 unspecified atom stereocenters. The lowest BCUT2D eigenvalue weighted by atomic mass is 10.0. The quantitative estimate of drug-likeness (QED) is 0.508. The summed E-state index contributed by atoms with van der Waals surface area (Å²) in [6.45, 7) is 3.57. The molecule has 0 spiro atoms. The molecule has 0 saturated heterocycles. The van der Waals surface area contributed by atoms with Crippen LogP contribution in [0.4, 0.5) is 0 Å². The Balaban J connectivity index is 1.73. The molecule has 0 aliphatic heterocycles. The first-order chi connectivity index (χ1) is 11.5. The summed E-state index contributed by atoms with van der Waals surface area (Å²) < 4.78 is 0. The molecule has 1 heterocycles. The van der Waals surface area contributed by atoms with Crippen LogP contribution in [-0.2, 0) is 11.2 Å². The van der Waals surface area contributed by atoms with E-state index >= 15 is 0 Å². The lowest BCUT2D eigenvalue weighted by molar-refractivity contribution is -0.120. The molecule has 122 valence electrons. The van der Waals surface area contributed by atoms with Gasteiger partial charge in [-0.3, -0.25) is 14.7 Å². The van der Waals surface area contributed by atoms with Crippen molar-refractivity contribution < 1.29 is 4.79 Å². The predicted molar refractivity (Wildman–Crippen MR) is 94.2 cm³/mol. The number of aryl methyl sites for hydroxylation is 1. The number of aromatic nitrogens is 2. The van der Waals surface area contributed by atoms with Crippen molar-refractivity contribution in [3.8, 4) is 0 Å². The fourth-order valence-corrected chi connectivity index (χ4v) is 2.51. The summed E-state index contributed by atoms with van der Waals surface area (Å²) in [6.07, 6.45) is -0.0147. The Morgan fingerprint density at radius 1 is 1.12 bits per heavy atom. The van der Waals surface area contributed by atoms with Crippen LogP contribution >= 0.6 is 0 Å². The maximum absolute atomic E-state index is 12.0. The fraction of sp³-hybridized carbons (Fsp3) is 0.167. The van der Waals surface area contributed by atoms with Gasteiger partial charge in [-0.05, 0) is 36.2 Å². The first-order valence-corrected chi connectivity index (χ1v) is 7.63. The van der Waals surface area contributed by atoms with Crippen molar-refractivity contribution in [1.29, 1.82) is 0 Å². The number of rotatable bonds is 4. The number of nitrogens with zero attached hydrogens (tertiary/aromatic N) is 1. The lowest BCUT2D eigenvalue weighted by Crippen LogP contribution is -2.24. The van der Waals surface area contributed by atoms with E-state index in [4.69, 9.17) is 0 Å². The van der Waals surface area contributed by atoms with Crippen LogP contribution in [0.5, 0.6) is 0 Å². The second-order valence-corrected chi connectivity index (χ2v) is 5.65. The normalized spacial score (nSPS) is 11.7. The van der Waals surface area contributed by atoms with Gasteiger partial charge in [0, 0.05) is 11.3 Å². The molecule has 0 bridgehead atoms. The second-order valence-electron chi connectivity index (χ2n) is 5.65. The number of nitrogens with one attached hydrogen (secondary N) is 3. The number of hydrazone groups is 1. The third-order valence-electron chi connectivity index (χ3n) is 3.94. The zero-order chi connectivity index (χ0) is 17.1. The van der Waals surface area contributed by atoms with Crippen molar-refractivity contribution in [3.05, 3.63) is 69.6 Å². The molecule has 2 aromatic carbocycles. The van der Waals surface area contributed by atoms with Crippen molar-refractivity contribution in [2.24, 2.45) is 5.10 Å². The minimum absolute atomic E-state index is 0.0147. The Morgan fingerprint density at radius 2 is 1.88 bits per heavy atom. The van der Waals surface area contributed by atoms with Gasteiger partial charge >= 0.3 is 0 Å². The molecule has 0 radical (unpaired) electrons. The molecule has 0 aliphatic rings. The Morgan fingerprint density at radius 3 is 2.58 bits per heavy atom. The van der Waals surface area contributed by atoms with Crippen molar-refractivity contribution in [3.63, 3.8) is 0 Å². The first kappa shape index (κ1) is 15.7. The van der Waals surface area contributed by atoms with E-state index in [0.717, 1.165) is 16.3 Å². The molecule has 3 N–H and O–H groups in total. The third-order valence-corrected chi connectivity index (χ3v) is 3.94. The highest BCUT2D eigenvalue weighted by molar-refractivity contribution is 6.02. The maximum atomic E-state index is 12.0. The minimum atomic E-state index is -0.330. The van der Waals surface area contributed by atoms with Gasteiger partial charge in [-0.2, -0.15) is 5.10 Å². The van der Waals surface area contributed by atoms with E-state index in [2.05, 4.69) is 20.7 Å². The van der Waals surface area contributed by atoms with Crippen LogP contribution in [0.1, 0.15) is 23.7 Å². The summed E-state index contributed by atoms with van der Waals surface area (Å²) in [4.78, 5) is 23.5. The van der Waals surface area contributed by atoms with Crippen molar-refractivity contribution >= 4 is 22.4 Å². The van der Waals surface area contributed by atoms with Gasteiger partial charge < -0.3 is 5.10 Å². The number of hydrogen-bond acceptors (Lipinski definition) is 3. The number of benzene rings is 2. The molecule has 3 rings (SSSR count). The summed E-state index contributed by atoms with van der Waals surface area (Å²) in [5.74, 6) is -0.330. The molecule has 24 heavy (non-hydrogen) atoms. The van der Waals surface area contributed by atoms with Crippen molar-refractivity contribution in [2.75, 3.05) is 0 Å². The molecular weight excluding hydrogens is 304 g/mol. The smallest absolute Gasteiger partial charge is 0.267 e. The van der Waals surface area contributed by atoms with Crippen LogP contribution in [0.2, 0.25) is 0 Å². The second kappa shape index (κ2) is 6.54. The van der Waals surface area contributed by atoms with Crippen LogP contribution in [0, 0.1) is 6.92 Å². The molecule has 3 aromatic rings. The average molecular weight is 322 g/mol. The highest BCUT2D eigenvalue weighted by Gasteiger charge is 2.11. The Labute approximate surface area is 138 Å². The number of fused-ring (bicyclic) bond motifs is 1. The third kappa shape index (κ3) is 3.27. The zero-order valence-electron chi connectivity index (χ0n) is 13.5. The highest BCUT2D eigenvalue weighted by atomic mass is 16.2. The summed E-state index contributed by atoms with van der Waals surface area (Å²) >= 11 is 0. The highest BCUT2D eigenvalue weighted by Crippen LogP contribution is 2.16. The van der Waals surface area contributed by atoms with Gasteiger partial charge in [-0.25, -0.2) is 5.43 Å². The van der Waals surface area contributed by atoms with Crippen LogP contribution in [0.15, 0.2) is 52.4 Å². The van der Waals surface area contributed by atoms with Gasteiger partial charge in [0.1, 0.15) is 0 Å². The molecule has 0 saturated carbocycles. The van der Waals surface area contributed by atoms with Crippen LogP contribution in [0.3, 0.4) is 0 Å². The van der Waals surface area contributed by atoms with Gasteiger partial charge in [0.15, 0.2) is 0 Å². The Kier molecular flexibility index (Phi) is 4.29. The van der Waals surface area contributed by atoms with E-state index in [-0.39, 0.29) is 17.9 Å². The SMILES string of the molecule is C/C(=N/NC(=O)Cc1c(C)[nH][nH]c1=O)c1ccc2ccccc2c1. The summed E-state index contributed by atoms with van der Waals surface area (Å²) in [5.41, 5.74) is 4.94. The van der Waals surface area contributed by atoms with Crippen molar-refractivity contribution in [1.82, 2.24) is 15.6 Å². The minimum Gasteiger partial charge on any atom is -0.302 e. The number of carbonyl (C=O) groups is 1. The van der Waals surface area contributed by atoms with E-state index in [9.17, 15) is 9.59 Å². The maximum Gasteiger partial charge on any atom is 0.267 e. The standard InChI is InChI=1S/C18H18N4O2/c1-11(14-8-7-13-5-3-4-6-15(13)9-14)19-21-17(23)10-16-12(2)20-22-18(16)24/h3-9H,10H2,1-2H3,(H,21,23)(H2,20,22,24)/b19-11-. The fourth-order valence-electron chi connectivity index (χ4n) is 2.51. The van der Waals surface area contributed by atoms with E-state index in [1.54, 1.807) is 6.92 Å². The predicted octanol–water partition coefficient (Wildman–Crippen LogP) is 2.25. The Bertz CT molecular complexity index is 982. The summed E-state index contributed by atoms with van der Waals surface area (Å²) in [6, 6.07) is 14.1. The van der Waals surface area contributed by atoms with Crippen molar-refractivity contribution in [2.45, 2.75) is 20.3 Å². The molecule has 0 atom stereocenters.